The van der Waals surface area contributed by atoms with E-state index >= 15 is 0 Å². The Bertz CT molecular complexity index is 145. The van der Waals surface area contributed by atoms with E-state index in [4.69, 9.17) is 5.11 Å². The maximum atomic E-state index is 8.85. The molecule has 0 aliphatic heterocycles. The molecule has 1 saturated carbocycles. The quantitative estimate of drug-likeness (QED) is 0.680. The second-order valence-corrected chi connectivity index (χ2v) is 4.67. The molecule has 1 aliphatic carbocycles. The Balaban J connectivity index is 2.27. The van der Waals surface area contributed by atoms with Crippen molar-refractivity contribution in [2.24, 2.45) is 5.92 Å². The van der Waals surface area contributed by atoms with E-state index in [-0.39, 0.29) is 0 Å². The lowest BCUT2D eigenvalue weighted by molar-refractivity contribution is 0.100. The largest absolute Gasteiger partial charge is 0.396 e. The van der Waals surface area contributed by atoms with E-state index in [0.717, 1.165) is 24.9 Å². The first-order valence-electron chi connectivity index (χ1n) is 6.12. The SMILES string of the molecule is CCC(C)CN(CCCO)C1CCC1. The topological polar surface area (TPSA) is 23.5 Å². The molecule has 0 amide bonds. The van der Waals surface area contributed by atoms with Gasteiger partial charge in [0, 0.05) is 25.7 Å². The van der Waals surface area contributed by atoms with E-state index in [1.165, 1.54) is 32.2 Å². The lowest BCUT2D eigenvalue weighted by atomic mass is 9.90. The van der Waals surface area contributed by atoms with Gasteiger partial charge in [-0.05, 0) is 25.2 Å². The van der Waals surface area contributed by atoms with Gasteiger partial charge in [0.2, 0.25) is 0 Å². The van der Waals surface area contributed by atoms with Crippen LogP contribution in [0.5, 0.6) is 0 Å². The van der Waals surface area contributed by atoms with Crippen LogP contribution >= 0.6 is 0 Å². The molecule has 0 aromatic carbocycles. The zero-order valence-electron chi connectivity index (χ0n) is 9.71. The van der Waals surface area contributed by atoms with Gasteiger partial charge < -0.3 is 10.0 Å². The highest BCUT2D eigenvalue weighted by molar-refractivity contribution is 4.80. The van der Waals surface area contributed by atoms with E-state index in [9.17, 15) is 0 Å². The molecule has 0 aromatic heterocycles. The molecule has 0 bridgehead atoms. The maximum absolute atomic E-state index is 8.85. The molecule has 84 valence electrons. The number of aliphatic hydroxyl groups excluding tert-OH is 1. The van der Waals surface area contributed by atoms with Crippen LogP contribution < -0.4 is 0 Å². The second kappa shape index (κ2) is 6.41. The lowest BCUT2D eigenvalue weighted by Crippen LogP contribution is -2.43. The van der Waals surface area contributed by atoms with Gasteiger partial charge in [-0.1, -0.05) is 26.7 Å². The fourth-order valence-electron chi connectivity index (χ4n) is 1.98. The first-order chi connectivity index (χ1) is 6.77. The number of aliphatic hydroxyl groups is 1. The second-order valence-electron chi connectivity index (χ2n) is 4.67. The average Bonchev–Trinajstić information content (AvgIpc) is 2.11. The van der Waals surface area contributed by atoms with Crippen molar-refractivity contribution < 1.29 is 5.11 Å². The Morgan fingerprint density at radius 2 is 2.14 bits per heavy atom. The monoisotopic (exact) mass is 199 g/mol. The van der Waals surface area contributed by atoms with Gasteiger partial charge in [-0.15, -0.1) is 0 Å². The molecule has 2 nitrogen and oxygen atoms in total. The molecule has 1 rings (SSSR count). The van der Waals surface area contributed by atoms with Gasteiger partial charge >= 0.3 is 0 Å². The first-order valence-corrected chi connectivity index (χ1v) is 6.12. The molecule has 1 aliphatic rings. The summed E-state index contributed by atoms with van der Waals surface area (Å²) in [5.74, 6) is 0.800. The van der Waals surface area contributed by atoms with E-state index < -0.39 is 0 Å². The van der Waals surface area contributed by atoms with Crippen molar-refractivity contribution in [3.8, 4) is 0 Å². The molecule has 1 atom stereocenters. The van der Waals surface area contributed by atoms with Crippen LogP contribution in [-0.2, 0) is 0 Å². The third-order valence-corrected chi connectivity index (χ3v) is 3.44. The van der Waals surface area contributed by atoms with Gasteiger partial charge in [0.25, 0.3) is 0 Å². The van der Waals surface area contributed by atoms with E-state index in [1.54, 1.807) is 0 Å². The normalized spacial score (nSPS) is 19.7. The van der Waals surface area contributed by atoms with Crippen LogP contribution in [0.1, 0.15) is 46.0 Å². The van der Waals surface area contributed by atoms with Crippen LogP contribution in [0.25, 0.3) is 0 Å². The number of nitrogens with zero attached hydrogens (tertiary/aromatic N) is 1. The molecule has 0 radical (unpaired) electrons. The van der Waals surface area contributed by atoms with Crippen molar-refractivity contribution in [3.05, 3.63) is 0 Å². The van der Waals surface area contributed by atoms with Crippen LogP contribution in [0.3, 0.4) is 0 Å². The lowest BCUT2D eigenvalue weighted by Gasteiger charge is -2.39. The summed E-state index contributed by atoms with van der Waals surface area (Å²) in [7, 11) is 0. The fraction of sp³-hybridized carbons (Fsp3) is 1.00. The Morgan fingerprint density at radius 1 is 1.43 bits per heavy atom. The highest BCUT2D eigenvalue weighted by Crippen LogP contribution is 2.25. The molecular formula is C12H25NO. The maximum Gasteiger partial charge on any atom is 0.0443 e. The number of rotatable bonds is 7. The Morgan fingerprint density at radius 3 is 2.57 bits per heavy atom. The standard InChI is InChI=1S/C12H25NO/c1-3-11(2)10-13(8-5-9-14)12-6-4-7-12/h11-12,14H,3-10H2,1-2H3. The predicted octanol–water partition coefficient (Wildman–Crippen LogP) is 2.27. The third kappa shape index (κ3) is 3.58. The molecule has 2 heteroatoms. The highest BCUT2D eigenvalue weighted by Gasteiger charge is 2.24. The zero-order valence-corrected chi connectivity index (χ0v) is 9.71. The van der Waals surface area contributed by atoms with E-state index in [0.29, 0.717) is 6.61 Å². The molecule has 14 heavy (non-hydrogen) atoms. The summed E-state index contributed by atoms with van der Waals surface area (Å²) in [6, 6.07) is 0.829. The van der Waals surface area contributed by atoms with Gasteiger partial charge in [-0.3, -0.25) is 0 Å². The summed E-state index contributed by atoms with van der Waals surface area (Å²) in [6.45, 7) is 7.23. The number of hydrogen-bond donors (Lipinski definition) is 1. The van der Waals surface area contributed by atoms with Gasteiger partial charge in [-0.2, -0.15) is 0 Å². The Labute approximate surface area is 88.3 Å². The van der Waals surface area contributed by atoms with Crippen LogP contribution in [0.4, 0.5) is 0 Å². The first kappa shape index (κ1) is 12.0. The van der Waals surface area contributed by atoms with Crippen LogP contribution in [0.2, 0.25) is 0 Å². The Kier molecular flexibility index (Phi) is 5.49. The average molecular weight is 199 g/mol. The molecule has 0 aromatic rings. The number of hydrogen-bond acceptors (Lipinski definition) is 2. The van der Waals surface area contributed by atoms with Crippen molar-refractivity contribution in [2.45, 2.75) is 52.0 Å². The molecule has 0 spiro atoms. The summed E-state index contributed by atoms with van der Waals surface area (Å²) in [5, 5.41) is 8.85. The molecular weight excluding hydrogens is 174 g/mol. The zero-order chi connectivity index (χ0) is 10.4. The van der Waals surface area contributed by atoms with Gasteiger partial charge in [0.05, 0.1) is 0 Å². The van der Waals surface area contributed by atoms with Crippen LogP contribution in [0.15, 0.2) is 0 Å². The molecule has 0 saturated heterocycles. The van der Waals surface area contributed by atoms with Crippen molar-refractivity contribution >= 4 is 0 Å². The molecule has 1 fully saturated rings. The van der Waals surface area contributed by atoms with E-state index in [1.807, 2.05) is 0 Å². The summed E-state index contributed by atoms with van der Waals surface area (Å²) < 4.78 is 0. The van der Waals surface area contributed by atoms with Crippen molar-refractivity contribution in [2.75, 3.05) is 19.7 Å². The van der Waals surface area contributed by atoms with Gasteiger partial charge in [-0.25, -0.2) is 0 Å². The Hall–Kier alpha value is -0.0800. The minimum Gasteiger partial charge on any atom is -0.396 e. The molecule has 0 heterocycles. The van der Waals surface area contributed by atoms with Gasteiger partial charge in [0.15, 0.2) is 0 Å². The predicted molar refractivity (Wildman–Crippen MR) is 60.4 cm³/mol. The smallest absolute Gasteiger partial charge is 0.0443 e. The van der Waals surface area contributed by atoms with Crippen LogP contribution in [-0.4, -0.2) is 35.7 Å². The fourth-order valence-corrected chi connectivity index (χ4v) is 1.98. The summed E-state index contributed by atoms with van der Waals surface area (Å²) in [5.41, 5.74) is 0. The molecule has 1 N–H and O–H groups in total. The summed E-state index contributed by atoms with van der Waals surface area (Å²) in [6.07, 6.45) is 6.36. The van der Waals surface area contributed by atoms with Crippen molar-refractivity contribution in [3.63, 3.8) is 0 Å². The van der Waals surface area contributed by atoms with Crippen molar-refractivity contribution in [1.82, 2.24) is 4.90 Å². The minimum absolute atomic E-state index is 0.337. The van der Waals surface area contributed by atoms with Crippen molar-refractivity contribution in [1.29, 1.82) is 0 Å². The highest BCUT2D eigenvalue weighted by atomic mass is 16.3. The third-order valence-electron chi connectivity index (χ3n) is 3.44. The van der Waals surface area contributed by atoms with Crippen LogP contribution in [0, 0.1) is 5.92 Å². The minimum atomic E-state index is 0.337. The summed E-state index contributed by atoms with van der Waals surface area (Å²) in [4.78, 5) is 2.59. The summed E-state index contributed by atoms with van der Waals surface area (Å²) >= 11 is 0. The van der Waals surface area contributed by atoms with Gasteiger partial charge in [0.1, 0.15) is 0 Å². The van der Waals surface area contributed by atoms with E-state index in [2.05, 4.69) is 18.7 Å². The molecule has 1 unspecified atom stereocenters.